The van der Waals surface area contributed by atoms with E-state index >= 15 is 0 Å². The molecule has 0 radical (unpaired) electrons. The molecule has 0 fully saturated rings. The number of benzene rings is 1. The highest BCUT2D eigenvalue weighted by Gasteiger charge is 2.04. The van der Waals surface area contributed by atoms with E-state index in [0.29, 0.717) is 6.54 Å². The van der Waals surface area contributed by atoms with E-state index in [9.17, 15) is 5.11 Å². The van der Waals surface area contributed by atoms with Crippen LogP contribution in [0.2, 0.25) is 0 Å². The molecule has 0 saturated carbocycles. The third-order valence-electron chi connectivity index (χ3n) is 1.63. The van der Waals surface area contributed by atoms with Gasteiger partial charge < -0.3 is 10.4 Å². The number of aliphatic hydroxyl groups is 1. The SMILES string of the molecule is CNCC(O)c1cccc(Br)c1. The summed E-state index contributed by atoms with van der Waals surface area (Å²) in [4.78, 5) is 0. The Balaban J connectivity index is 2.73. The molecule has 3 heteroatoms. The minimum Gasteiger partial charge on any atom is -0.387 e. The maximum absolute atomic E-state index is 9.56. The second-order valence-corrected chi connectivity index (χ2v) is 3.54. The molecule has 0 aliphatic rings. The molecule has 0 aliphatic carbocycles. The van der Waals surface area contributed by atoms with Gasteiger partial charge in [-0.1, -0.05) is 28.1 Å². The lowest BCUT2D eigenvalue weighted by molar-refractivity contribution is 0.177. The van der Waals surface area contributed by atoms with E-state index in [1.165, 1.54) is 0 Å². The lowest BCUT2D eigenvalue weighted by Gasteiger charge is -2.09. The second-order valence-electron chi connectivity index (χ2n) is 2.63. The van der Waals surface area contributed by atoms with Gasteiger partial charge in [0, 0.05) is 11.0 Å². The van der Waals surface area contributed by atoms with Crippen molar-refractivity contribution in [1.29, 1.82) is 0 Å². The summed E-state index contributed by atoms with van der Waals surface area (Å²) < 4.78 is 0.996. The van der Waals surface area contributed by atoms with Crippen LogP contribution in [0.1, 0.15) is 11.7 Å². The average Bonchev–Trinajstić information content (AvgIpc) is 2.05. The molecule has 1 aromatic rings. The monoisotopic (exact) mass is 229 g/mol. The van der Waals surface area contributed by atoms with Crippen molar-refractivity contribution in [2.75, 3.05) is 13.6 Å². The largest absolute Gasteiger partial charge is 0.387 e. The van der Waals surface area contributed by atoms with Crippen molar-refractivity contribution in [1.82, 2.24) is 5.32 Å². The van der Waals surface area contributed by atoms with Gasteiger partial charge in [-0.25, -0.2) is 0 Å². The van der Waals surface area contributed by atoms with E-state index in [1.807, 2.05) is 31.3 Å². The number of hydrogen-bond acceptors (Lipinski definition) is 2. The number of aliphatic hydroxyl groups excluding tert-OH is 1. The molecule has 0 heterocycles. The van der Waals surface area contributed by atoms with Crippen LogP contribution in [0.4, 0.5) is 0 Å². The van der Waals surface area contributed by atoms with Gasteiger partial charge in [0.05, 0.1) is 6.10 Å². The third kappa shape index (κ3) is 2.59. The molecule has 0 aromatic heterocycles. The summed E-state index contributed by atoms with van der Waals surface area (Å²) in [5.41, 5.74) is 0.929. The molecule has 1 unspecified atom stereocenters. The Morgan fingerprint density at radius 3 is 2.92 bits per heavy atom. The summed E-state index contributed by atoms with van der Waals surface area (Å²) in [6.07, 6.45) is -0.424. The number of hydrogen-bond donors (Lipinski definition) is 2. The summed E-state index contributed by atoms with van der Waals surface area (Å²) in [6.45, 7) is 0.580. The van der Waals surface area contributed by atoms with Gasteiger partial charge in [-0.15, -0.1) is 0 Å². The molecule has 0 saturated heterocycles. The predicted octanol–water partition coefficient (Wildman–Crippen LogP) is 1.70. The first-order valence-corrected chi connectivity index (χ1v) is 4.61. The Morgan fingerprint density at radius 2 is 2.33 bits per heavy atom. The van der Waals surface area contributed by atoms with Gasteiger partial charge >= 0.3 is 0 Å². The Hall–Kier alpha value is -0.380. The van der Waals surface area contributed by atoms with Gasteiger partial charge in [0.2, 0.25) is 0 Å². The fourth-order valence-electron chi connectivity index (χ4n) is 1.03. The molecule has 66 valence electrons. The van der Waals surface area contributed by atoms with Crippen LogP contribution in [0.25, 0.3) is 0 Å². The summed E-state index contributed by atoms with van der Waals surface area (Å²) in [7, 11) is 1.82. The standard InChI is InChI=1S/C9H12BrNO/c1-11-6-9(12)7-3-2-4-8(10)5-7/h2-5,9,11-12H,6H2,1H3. The molecule has 1 aromatic carbocycles. The van der Waals surface area contributed by atoms with Crippen LogP contribution in [-0.4, -0.2) is 18.7 Å². The van der Waals surface area contributed by atoms with Gasteiger partial charge in [0.25, 0.3) is 0 Å². The first-order valence-electron chi connectivity index (χ1n) is 3.82. The van der Waals surface area contributed by atoms with Crippen molar-refractivity contribution in [2.45, 2.75) is 6.10 Å². The van der Waals surface area contributed by atoms with Crippen molar-refractivity contribution in [3.63, 3.8) is 0 Å². The minimum absolute atomic E-state index is 0.424. The van der Waals surface area contributed by atoms with Crippen molar-refractivity contribution in [3.8, 4) is 0 Å². The zero-order valence-electron chi connectivity index (χ0n) is 6.92. The van der Waals surface area contributed by atoms with Crippen LogP contribution in [0.5, 0.6) is 0 Å². The molecule has 12 heavy (non-hydrogen) atoms. The van der Waals surface area contributed by atoms with E-state index < -0.39 is 6.10 Å². The van der Waals surface area contributed by atoms with Crippen molar-refractivity contribution in [2.24, 2.45) is 0 Å². The number of rotatable bonds is 3. The molecule has 0 aliphatic heterocycles. The van der Waals surface area contributed by atoms with Gasteiger partial charge in [-0.2, -0.15) is 0 Å². The Morgan fingerprint density at radius 1 is 1.58 bits per heavy atom. The molecule has 1 atom stereocenters. The van der Waals surface area contributed by atoms with Crippen LogP contribution in [0.3, 0.4) is 0 Å². The van der Waals surface area contributed by atoms with E-state index in [-0.39, 0.29) is 0 Å². The van der Waals surface area contributed by atoms with Crippen LogP contribution in [-0.2, 0) is 0 Å². The Bertz CT molecular complexity index is 252. The van der Waals surface area contributed by atoms with E-state index in [2.05, 4.69) is 21.2 Å². The summed E-state index contributed by atoms with van der Waals surface area (Å²) in [5, 5.41) is 12.5. The maximum Gasteiger partial charge on any atom is 0.0914 e. The van der Waals surface area contributed by atoms with Gasteiger partial charge in [-0.05, 0) is 24.7 Å². The maximum atomic E-state index is 9.56. The van der Waals surface area contributed by atoms with Crippen molar-refractivity contribution in [3.05, 3.63) is 34.3 Å². The first-order chi connectivity index (χ1) is 5.74. The third-order valence-corrected chi connectivity index (χ3v) is 2.12. The van der Waals surface area contributed by atoms with Gasteiger partial charge in [0.1, 0.15) is 0 Å². The molecule has 0 bridgehead atoms. The van der Waals surface area contributed by atoms with Crippen molar-refractivity contribution >= 4 is 15.9 Å². The van der Waals surface area contributed by atoms with Crippen molar-refractivity contribution < 1.29 is 5.11 Å². The molecular weight excluding hydrogens is 218 g/mol. The highest BCUT2D eigenvalue weighted by atomic mass is 79.9. The van der Waals surface area contributed by atoms with Crippen LogP contribution in [0, 0.1) is 0 Å². The fraction of sp³-hybridized carbons (Fsp3) is 0.333. The van der Waals surface area contributed by atoms with Crippen LogP contribution >= 0.6 is 15.9 Å². The van der Waals surface area contributed by atoms with Crippen LogP contribution in [0.15, 0.2) is 28.7 Å². The summed E-state index contributed by atoms with van der Waals surface area (Å²) in [5.74, 6) is 0. The van der Waals surface area contributed by atoms with Gasteiger partial charge in [0.15, 0.2) is 0 Å². The zero-order valence-corrected chi connectivity index (χ0v) is 8.51. The first kappa shape index (κ1) is 9.71. The highest BCUT2D eigenvalue weighted by molar-refractivity contribution is 9.10. The topological polar surface area (TPSA) is 32.3 Å². The van der Waals surface area contributed by atoms with E-state index in [4.69, 9.17) is 0 Å². The lowest BCUT2D eigenvalue weighted by Crippen LogP contribution is -2.16. The normalized spacial score (nSPS) is 12.9. The second kappa shape index (κ2) is 4.60. The Kier molecular flexibility index (Phi) is 3.72. The molecule has 0 spiro atoms. The molecule has 2 nitrogen and oxygen atoms in total. The quantitative estimate of drug-likeness (QED) is 0.828. The molecule has 2 N–H and O–H groups in total. The van der Waals surface area contributed by atoms with Gasteiger partial charge in [-0.3, -0.25) is 0 Å². The summed E-state index contributed by atoms with van der Waals surface area (Å²) in [6, 6.07) is 7.68. The minimum atomic E-state index is -0.424. The van der Waals surface area contributed by atoms with Crippen LogP contribution < -0.4 is 5.32 Å². The molecule has 1 rings (SSSR count). The number of nitrogens with one attached hydrogen (secondary N) is 1. The van der Waals surface area contributed by atoms with E-state index in [1.54, 1.807) is 0 Å². The average molecular weight is 230 g/mol. The molecule has 0 amide bonds. The summed E-state index contributed by atoms with van der Waals surface area (Å²) >= 11 is 3.35. The zero-order chi connectivity index (χ0) is 8.97. The predicted molar refractivity (Wildman–Crippen MR) is 53.0 cm³/mol. The smallest absolute Gasteiger partial charge is 0.0914 e. The lowest BCUT2D eigenvalue weighted by atomic mass is 10.1. The number of likely N-dealkylation sites (N-methyl/N-ethyl adjacent to an activating group) is 1. The number of halogens is 1. The van der Waals surface area contributed by atoms with E-state index in [0.717, 1.165) is 10.0 Å². The molecular formula is C9H12BrNO. The highest BCUT2D eigenvalue weighted by Crippen LogP contribution is 2.17. The fourth-order valence-corrected chi connectivity index (χ4v) is 1.44. The Labute approximate surface area is 80.7 Å².